The van der Waals surface area contributed by atoms with Crippen molar-refractivity contribution in [3.05, 3.63) is 0 Å². The highest BCUT2D eigenvalue weighted by molar-refractivity contribution is 5.77. The third-order valence-corrected chi connectivity index (χ3v) is 3.92. The first-order valence-electron chi connectivity index (χ1n) is 7.95. The summed E-state index contributed by atoms with van der Waals surface area (Å²) < 4.78 is 0. The Balaban J connectivity index is 2.30. The number of nitrogens with one attached hydrogen (secondary N) is 1. The molecule has 0 aromatic carbocycles. The molecule has 0 aromatic rings. The Hall–Kier alpha value is -1.10. The molecule has 1 aliphatic heterocycles. The molecule has 0 saturated carbocycles. The Bertz CT molecular complexity index is 355. The van der Waals surface area contributed by atoms with Crippen LogP contribution in [0.4, 0.5) is 0 Å². The molecule has 5 nitrogen and oxygen atoms in total. The van der Waals surface area contributed by atoms with Gasteiger partial charge in [-0.25, -0.2) is 0 Å². The van der Waals surface area contributed by atoms with Crippen molar-refractivity contribution in [3.8, 4) is 0 Å². The molecule has 0 spiro atoms. The predicted molar refractivity (Wildman–Crippen MR) is 84.7 cm³/mol. The number of nitrogens with two attached hydrogens (primary N) is 1. The molecule has 1 rings (SSSR count). The smallest absolute Gasteiger partial charge is 0.224 e. The van der Waals surface area contributed by atoms with Gasteiger partial charge in [-0.2, -0.15) is 0 Å². The van der Waals surface area contributed by atoms with Crippen LogP contribution in [0.25, 0.3) is 0 Å². The third-order valence-electron chi connectivity index (χ3n) is 3.92. The van der Waals surface area contributed by atoms with Crippen LogP contribution in [0.1, 0.15) is 53.4 Å². The van der Waals surface area contributed by atoms with Crippen molar-refractivity contribution in [3.63, 3.8) is 0 Å². The van der Waals surface area contributed by atoms with E-state index >= 15 is 0 Å². The summed E-state index contributed by atoms with van der Waals surface area (Å²) in [6.07, 6.45) is 3.21. The Morgan fingerprint density at radius 1 is 1.29 bits per heavy atom. The molecule has 21 heavy (non-hydrogen) atoms. The molecule has 1 heterocycles. The van der Waals surface area contributed by atoms with E-state index in [1.165, 1.54) is 6.92 Å². The standard InChI is InChI=1S/C16H31N3O2/c1-12(20)18-11-13-5-7-19(8-6-13)15(21)9-14(17)10-16(2,3)4/h13-14H,5-11,17H2,1-4H3,(H,18,20). The zero-order valence-corrected chi connectivity index (χ0v) is 13.9. The van der Waals surface area contributed by atoms with Gasteiger partial charge in [0.1, 0.15) is 0 Å². The van der Waals surface area contributed by atoms with Crippen LogP contribution < -0.4 is 11.1 Å². The average molecular weight is 297 g/mol. The van der Waals surface area contributed by atoms with E-state index in [1.54, 1.807) is 0 Å². The zero-order chi connectivity index (χ0) is 16.0. The Kier molecular flexibility index (Phi) is 6.65. The van der Waals surface area contributed by atoms with Gasteiger partial charge in [-0.15, -0.1) is 0 Å². The van der Waals surface area contributed by atoms with Crippen molar-refractivity contribution >= 4 is 11.8 Å². The molecule has 0 bridgehead atoms. The average Bonchev–Trinajstić information content (AvgIpc) is 2.34. The molecule has 5 heteroatoms. The minimum atomic E-state index is -0.0606. The van der Waals surface area contributed by atoms with Crippen molar-refractivity contribution in [2.24, 2.45) is 17.1 Å². The van der Waals surface area contributed by atoms with Crippen LogP contribution in [0.15, 0.2) is 0 Å². The SMILES string of the molecule is CC(=O)NCC1CCN(C(=O)CC(N)CC(C)(C)C)CC1. The summed E-state index contributed by atoms with van der Waals surface area (Å²) in [5.41, 5.74) is 6.24. The van der Waals surface area contributed by atoms with Gasteiger partial charge in [-0.1, -0.05) is 20.8 Å². The van der Waals surface area contributed by atoms with Gasteiger partial charge < -0.3 is 16.0 Å². The summed E-state index contributed by atoms with van der Waals surface area (Å²) in [7, 11) is 0. The molecular weight excluding hydrogens is 266 g/mol. The number of nitrogens with zero attached hydrogens (tertiary/aromatic N) is 1. The summed E-state index contributed by atoms with van der Waals surface area (Å²) >= 11 is 0. The van der Waals surface area contributed by atoms with Crippen LogP contribution in [0.3, 0.4) is 0 Å². The molecule has 1 aliphatic rings. The monoisotopic (exact) mass is 297 g/mol. The normalized spacial score (nSPS) is 18.4. The van der Waals surface area contributed by atoms with Gasteiger partial charge >= 0.3 is 0 Å². The summed E-state index contributed by atoms with van der Waals surface area (Å²) in [5, 5.41) is 2.85. The van der Waals surface area contributed by atoms with Gasteiger partial charge in [-0.05, 0) is 30.6 Å². The van der Waals surface area contributed by atoms with Crippen molar-refractivity contribution in [2.45, 2.75) is 59.4 Å². The van der Waals surface area contributed by atoms with E-state index in [9.17, 15) is 9.59 Å². The second kappa shape index (κ2) is 7.78. The van der Waals surface area contributed by atoms with E-state index in [4.69, 9.17) is 5.73 Å². The number of hydrogen-bond donors (Lipinski definition) is 2. The summed E-state index contributed by atoms with van der Waals surface area (Å²) in [4.78, 5) is 25.1. The fraction of sp³-hybridized carbons (Fsp3) is 0.875. The number of hydrogen-bond acceptors (Lipinski definition) is 3. The van der Waals surface area contributed by atoms with Crippen molar-refractivity contribution < 1.29 is 9.59 Å². The maximum absolute atomic E-state index is 12.2. The zero-order valence-electron chi connectivity index (χ0n) is 13.9. The lowest BCUT2D eigenvalue weighted by atomic mass is 9.87. The highest BCUT2D eigenvalue weighted by atomic mass is 16.2. The maximum Gasteiger partial charge on any atom is 0.224 e. The van der Waals surface area contributed by atoms with Crippen molar-refractivity contribution in [2.75, 3.05) is 19.6 Å². The molecule has 1 fully saturated rings. The maximum atomic E-state index is 12.2. The van der Waals surface area contributed by atoms with Crippen LogP contribution in [0, 0.1) is 11.3 Å². The van der Waals surface area contributed by atoms with Crippen LogP contribution in [0.2, 0.25) is 0 Å². The Morgan fingerprint density at radius 3 is 2.33 bits per heavy atom. The van der Waals surface area contributed by atoms with Gasteiger partial charge in [0.2, 0.25) is 11.8 Å². The van der Waals surface area contributed by atoms with Crippen molar-refractivity contribution in [1.82, 2.24) is 10.2 Å². The lowest BCUT2D eigenvalue weighted by Gasteiger charge is -2.33. The number of amides is 2. The van der Waals surface area contributed by atoms with Gasteiger partial charge in [0, 0.05) is 39.0 Å². The first-order chi connectivity index (χ1) is 9.67. The quantitative estimate of drug-likeness (QED) is 0.808. The Labute approximate surface area is 128 Å². The molecule has 1 unspecified atom stereocenters. The minimum absolute atomic E-state index is 0.0154. The molecule has 122 valence electrons. The van der Waals surface area contributed by atoms with E-state index in [1.807, 2.05) is 4.90 Å². The van der Waals surface area contributed by atoms with E-state index in [-0.39, 0.29) is 23.3 Å². The van der Waals surface area contributed by atoms with Crippen LogP contribution in [-0.2, 0) is 9.59 Å². The molecule has 1 saturated heterocycles. The molecule has 0 aliphatic carbocycles. The van der Waals surface area contributed by atoms with Crippen LogP contribution in [0.5, 0.6) is 0 Å². The topological polar surface area (TPSA) is 75.4 Å². The first kappa shape index (κ1) is 18.0. The van der Waals surface area contributed by atoms with E-state index in [0.717, 1.165) is 38.9 Å². The number of piperidine rings is 1. The lowest BCUT2D eigenvalue weighted by Crippen LogP contribution is -2.43. The molecule has 2 amide bonds. The van der Waals surface area contributed by atoms with Gasteiger partial charge in [0.05, 0.1) is 0 Å². The first-order valence-corrected chi connectivity index (χ1v) is 7.95. The number of carbonyl (C=O) groups is 2. The minimum Gasteiger partial charge on any atom is -0.356 e. The van der Waals surface area contributed by atoms with E-state index in [0.29, 0.717) is 12.3 Å². The van der Waals surface area contributed by atoms with E-state index < -0.39 is 0 Å². The number of likely N-dealkylation sites (tertiary alicyclic amines) is 1. The van der Waals surface area contributed by atoms with Gasteiger partial charge in [0.25, 0.3) is 0 Å². The highest BCUT2D eigenvalue weighted by Gasteiger charge is 2.25. The van der Waals surface area contributed by atoms with Gasteiger partial charge in [0.15, 0.2) is 0 Å². The molecule has 1 atom stereocenters. The molecular formula is C16H31N3O2. The molecule has 0 aromatic heterocycles. The summed E-state index contributed by atoms with van der Waals surface area (Å²) in [6.45, 7) is 10.3. The summed E-state index contributed by atoms with van der Waals surface area (Å²) in [6, 6.07) is -0.0606. The fourth-order valence-electron chi connectivity index (χ4n) is 2.89. The molecule has 0 radical (unpaired) electrons. The highest BCUT2D eigenvalue weighted by Crippen LogP contribution is 2.22. The second-order valence-electron chi connectivity index (χ2n) is 7.49. The third kappa shape index (κ3) is 7.46. The molecule has 3 N–H and O–H groups in total. The van der Waals surface area contributed by atoms with Crippen LogP contribution >= 0.6 is 0 Å². The van der Waals surface area contributed by atoms with Crippen LogP contribution in [-0.4, -0.2) is 42.4 Å². The lowest BCUT2D eigenvalue weighted by molar-refractivity contribution is -0.133. The second-order valence-corrected chi connectivity index (χ2v) is 7.49. The van der Waals surface area contributed by atoms with Gasteiger partial charge in [-0.3, -0.25) is 9.59 Å². The summed E-state index contributed by atoms with van der Waals surface area (Å²) in [5.74, 6) is 0.674. The Morgan fingerprint density at radius 2 is 1.86 bits per heavy atom. The number of carbonyl (C=O) groups excluding carboxylic acids is 2. The van der Waals surface area contributed by atoms with E-state index in [2.05, 4.69) is 26.1 Å². The largest absolute Gasteiger partial charge is 0.356 e. The fourth-order valence-corrected chi connectivity index (χ4v) is 2.89. The van der Waals surface area contributed by atoms with Crippen molar-refractivity contribution in [1.29, 1.82) is 0 Å². The predicted octanol–water partition coefficient (Wildman–Crippen LogP) is 1.51. The number of rotatable bonds is 5.